The highest BCUT2D eigenvalue weighted by Crippen LogP contribution is 1.99. The third-order valence-electron chi connectivity index (χ3n) is 3.13. The molecule has 0 amide bonds. The molecule has 7 nitrogen and oxygen atoms in total. The zero-order valence-electron chi connectivity index (χ0n) is 12.4. The van der Waals surface area contributed by atoms with Crippen LogP contribution in [0.5, 0.6) is 0 Å². The lowest BCUT2D eigenvalue weighted by atomic mass is 10.1. The Morgan fingerprint density at radius 3 is 2.55 bits per heavy atom. The molecular formula is C13H23N4O3+. The van der Waals surface area contributed by atoms with Crippen molar-refractivity contribution in [2.24, 2.45) is 5.16 Å². The fraction of sp³-hybridized carbons (Fsp3) is 0.769. The van der Waals surface area contributed by atoms with Crippen LogP contribution in [0.4, 0.5) is 0 Å². The molecule has 112 valence electrons. The summed E-state index contributed by atoms with van der Waals surface area (Å²) in [6.45, 7) is 3.88. The van der Waals surface area contributed by atoms with E-state index in [9.17, 15) is 4.79 Å². The standard InChI is InChI=1S/C13H22N4O3/c1-4-19-12(18)11(10-14)15-20-13(16(2)3)17-8-6-5-7-9-17/h13H,4-9H2,1-3H3/p+1/b15-11+. The lowest BCUT2D eigenvalue weighted by Crippen LogP contribution is -3.18. The molecular weight excluding hydrogens is 260 g/mol. The number of nitriles is 1. The highest BCUT2D eigenvalue weighted by Gasteiger charge is 2.28. The predicted octanol–water partition coefficient (Wildman–Crippen LogP) is -0.640. The normalized spacial score (nSPS) is 18.4. The number of carbonyl (C=O) groups excluding carboxylic acids is 1. The van der Waals surface area contributed by atoms with Crippen LogP contribution in [-0.2, 0) is 14.4 Å². The van der Waals surface area contributed by atoms with Gasteiger partial charge in [0, 0.05) is 0 Å². The molecule has 0 bridgehead atoms. The number of carbonyl (C=O) groups is 1. The van der Waals surface area contributed by atoms with Gasteiger partial charge in [0.2, 0.25) is 0 Å². The number of ether oxygens (including phenoxy) is 1. The number of nitrogens with zero attached hydrogens (tertiary/aromatic N) is 3. The number of nitrogens with one attached hydrogen (secondary N) is 1. The molecule has 0 aromatic heterocycles. The molecule has 1 aliphatic rings. The summed E-state index contributed by atoms with van der Waals surface area (Å²) in [6, 6.07) is 1.71. The maximum atomic E-state index is 11.5. The van der Waals surface area contributed by atoms with Gasteiger partial charge in [-0.1, -0.05) is 5.16 Å². The first kappa shape index (κ1) is 16.4. The van der Waals surface area contributed by atoms with E-state index in [0.717, 1.165) is 25.9 Å². The third kappa shape index (κ3) is 4.79. The van der Waals surface area contributed by atoms with E-state index in [2.05, 4.69) is 5.16 Å². The highest BCUT2D eigenvalue weighted by atomic mass is 16.7. The topological polar surface area (TPSA) is 79.4 Å². The second-order valence-corrected chi connectivity index (χ2v) is 4.91. The maximum Gasteiger partial charge on any atom is 0.371 e. The Morgan fingerprint density at radius 1 is 1.40 bits per heavy atom. The van der Waals surface area contributed by atoms with Crippen molar-refractivity contribution in [1.82, 2.24) is 4.90 Å². The first-order chi connectivity index (χ1) is 9.60. The van der Waals surface area contributed by atoms with Crippen molar-refractivity contribution >= 4 is 11.7 Å². The van der Waals surface area contributed by atoms with Gasteiger partial charge in [0.25, 0.3) is 5.71 Å². The molecule has 1 heterocycles. The van der Waals surface area contributed by atoms with E-state index in [-0.39, 0.29) is 18.7 Å². The number of likely N-dealkylation sites (tertiary alicyclic amines) is 1. The van der Waals surface area contributed by atoms with Crippen LogP contribution in [0.1, 0.15) is 26.2 Å². The van der Waals surface area contributed by atoms with Crippen LogP contribution in [0, 0.1) is 11.3 Å². The van der Waals surface area contributed by atoms with Gasteiger partial charge in [-0.3, -0.25) is 4.90 Å². The number of oxime groups is 1. The monoisotopic (exact) mass is 283 g/mol. The molecule has 0 saturated carbocycles. The van der Waals surface area contributed by atoms with Crippen molar-refractivity contribution in [3.05, 3.63) is 0 Å². The van der Waals surface area contributed by atoms with E-state index in [0.29, 0.717) is 0 Å². The third-order valence-corrected chi connectivity index (χ3v) is 3.13. The Labute approximate surface area is 119 Å². The molecule has 0 spiro atoms. The van der Waals surface area contributed by atoms with Crippen LogP contribution in [0.2, 0.25) is 0 Å². The van der Waals surface area contributed by atoms with Crippen LogP contribution < -0.4 is 4.90 Å². The summed E-state index contributed by atoms with van der Waals surface area (Å²) >= 11 is 0. The van der Waals surface area contributed by atoms with Gasteiger partial charge in [0.1, 0.15) is 6.07 Å². The van der Waals surface area contributed by atoms with Crippen molar-refractivity contribution < 1.29 is 19.3 Å². The van der Waals surface area contributed by atoms with Gasteiger partial charge in [0.15, 0.2) is 0 Å². The second-order valence-electron chi connectivity index (χ2n) is 4.91. The zero-order chi connectivity index (χ0) is 15.0. The van der Waals surface area contributed by atoms with Gasteiger partial charge >= 0.3 is 12.3 Å². The van der Waals surface area contributed by atoms with Crippen molar-refractivity contribution in [2.75, 3.05) is 33.8 Å². The van der Waals surface area contributed by atoms with Crippen LogP contribution in [0.15, 0.2) is 5.16 Å². The number of quaternary nitrogens is 1. The number of piperidine rings is 1. The minimum Gasteiger partial charge on any atom is -0.461 e. The molecule has 0 aromatic carbocycles. The Morgan fingerprint density at radius 2 is 2.05 bits per heavy atom. The first-order valence-electron chi connectivity index (χ1n) is 6.92. The Kier molecular flexibility index (Phi) is 6.98. The van der Waals surface area contributed by atoms with Crippen LogP contribution in [-0.4, -0.2) is 56.7 Å². The minimum atomic E-state index is -0.749. The molecule has 0 aliphatic carbocycles. The van der Waals surface area contributed by atoms with E-state index < -0.39 is 5.97 Å². The molecule has 1 unspecified atom stereocenters. The summed E-state index contributed by atoms with van der Waals surface area (Å²) in [5.41, 5.74) is -0.352. The lowest BCUT2D eigenvalue weighted by molar-refractivity contribution is -0.965. The molecule has 20 heavy (non-hydrogen) atoms. The summed E-state index contributed by atoms with van der Waals surface area (Å²) in [5, 5.41) is 12.6. The molecule has 1 fully saturated rings. The van der Waals surface area contributed by atoms with E-state index in [1.54, 1.807) is 13.0 Å². The van der Waals surface area contributed by atoms with Crippen molar-refractivity contribution in [3.8, 4) is 6.07 Å². The molecule has 1 aliphatic heterocycles. The number of hydrogen-bond acceptors (Lipinski definition) is 6. The largest absolute Gasteiger partial charge is 0.461 e. The van der Waals surface area contributed by atoms with Crippen LogP contribution in [0.25, 0.3) is 0 Å². The van der Waals surface area contributed by atoms with Gasteiger partial charge in [-0.15, -0.1) is 0 Å². The first-order valence-corrected chi connectivity index (χ1v) is 6.92. The summed E-state index contributed by atoms with van der Waals surface area (Å²) in [7, 11) is 3.77. The second kappa shape index (κ2) is 8.51. The molecule has 1 saturated heterocycles. The van der Waals surface area contributed by atoms with Crippen molar-refractivity contribution in [3.63, 3.8) is 0 Å². The lowest BCUT2D eigenvalue weighted by Gasteiger charge is -2.32. The van der Waals surface area contributed by atoms with E-state index >= 15 is 0 Å². The zero-order valence-corrected chi connectivity index (χ0v) is 12.4. The van der Waals surface area contributed by atoms with Crippen molar-refractivity contribution in [2.45, 2.75) is 32.5 Å². The Hall–Kier alpha value is -1.65. The molecule has 1 N–H and O–H groups in total. The van der Waals surface area contributed by atoms with Crippen LogP contribution >= 0.6 is 0 Å². The molecule has 1 atom stereocenters. The van der Waals surface area contributed by atoms with E-state index in [1.807, 2.05) is 19.0 Å². The smallest absolute Gasteiger partial charge is 0.371 e. The Balaban J connectivity index is 2.69. The molecule has 1 rings (SSSR count). The van der Waals surface area contributed by atoms with Gasteiger partial charge < -0.3 is 9.57 Å². The fourth-order valence-corrected chi connectivity index (χ4v) is 2.19. The fourth-order valence-electron chi connectivity index (χ4n) is 2.19. The van der Waals surface area contributed by atoms with E-state index in [4.69, 9.17) is 14.8 Å². The average Bonchev–Trinajstić information content (AvgIpc) is 2.44. The van der Waals surface area contributed by atoms with Crippen molar-refractivity contribution in [1.29, 1.82) is 5.26 Å². The quantitative estimate of drug-likeness (QED) is 0.303. The number of hydrogen-bond donors (Lipinski definition) is 1. The van der Waals surface area contributed by atoms with Gasteiger partial charge in [-0.2, -0.15) is 5.26 Å². The molecule has 7 heteroatoms. The molecule has 0 radical (unpaired) electrons. The van der Waals surface area contributed by atoms with Gasteiger partial charge in [0.05, 0.1) is 19.7 Å². The average molecular weight is 283 g/mol. The summed E-state index contributed by atoms with van der Waals surface area (Å²) < 4.78 is 4.74. The van der Waals surface area contributed by atoms with Crippen LogP contribution in [0.3, 0.4) is 0 Å². The summed E-state index contributed by atoms with van der Waals surface area (Å²) in [6.07, 6.45) is 3.23. The van der Waals surface area contributed by atoms with Gasteiger partial charge in [-0.25, -0.2) is 9.69 Å². The van der Waals surface area contributed by atoms with E-state index in [1.165, 1.54) is 11.3 Å². The molecule has 0 aromatic rings. The highest BCUT2D eigenvalue weighted by molar-refractivity contribution is 6.42. The minimum absolute atomic E-state index is 0.202. The maximum absolute atomic E-state index is 11.5. The predicted molar refractivity (Wildman–Crippen MR) is 72.8 cm³/mol. The number of rotatable bonds is 6. The summed E-state index contributed by atoms with van der Waals surface area (Å²) in [5.74, 6) is -0.749. The van der Waals surface area contributed by atoms with Gasteiger partial charge in [-0.05, 0) is 40.3 Å². The summed E-state index contributed by atoms with van der Waals surface area (Å²) in [4.78, 5) is 20.0. The SMILES string of the molecule is CCOC(=O)/C(C#N)=N/OC(N(C)C)[NH+]1CCCCC1. The number of esters is 1. The Bertz CT molecular complexity index is 384.